The van der Waals surface area contributed by atoms with Gasteiger partial charge in [0.2, 0.25) is 0 Å². The summed E-state index contributed by atoms with van der Waals surface area (Å²) in [5.74, 6) is -2.86. The molecule has 1 aliphatic rings. The van der Waals surface area contributed by atoms with Crippen molar-refractivity contribution >= 4 is 29.3 Å². The molecule has 5 heteroatoms. The zero-order chi connectivity index (χ0) is 11.0. The summed E-state index contributed by atoms with van der Waals surface area (Å²) in [4.78, 5) is 26.3. The number of aliphatic carboxylic acids is 1. The molecular weight excluding hydrogens is 196 g/mol. The van der Waals surface area contributed by atoms with Gasteiger partial charge in [-0.3, -0.25) is 14.6 Å². The van der Waals surface area contributed by atoms with Crippen LogP contribution in [0.25, 0.3) is 0 Å². The molecular formula is C10H8N2O3. The van der Waals surface area contributed by atoms with Crippen LogP contribution in [0.5, 0.6) is 0 Å². The Morgan fingerprint density at radius 1 is 1.47 bits per heavy atom. The van der Waals surface area contributed by atoms with Crippen LogP contribution in [-0.2, 0) is 4.79 Å². The lowest BCUT2D eigenvalue weighted by Gasteiger charge is -2.14. The summed E-state index contributed by atoms with van der Waals surface area (Å²) in [5.41, 5.74) is 6.67. The number of carbonyl (C=O) groups is 2. The highest BCUT2D eigenvalue weighted by atomic mass is 16.4. The molecule has 5 nitrogen and oxygen atoms in total. The summed E-state index contributed by atoms with van der Waals surface area (Å²) in [6.07, 6.45) is 1.14. The predicted molar refractivity (Wildman–Crippen MR) is 54.5 cm³/mol. The van der Waals surface area contributed by atoms with Crippen LogP contribution < -0.4 is 5.73 Å². The van der Waals surface area contributed by atoms with Gasteiger partial charge in [0.05, 0.1) is 5.69 Å². The molecule has 0 bridgehead atoms. The Hall–Kier alpha value is -2.17. The van der Waals surface area contributed by atoms with E-state index in [1.807, 2.05) is 0 Å². The fraction of sp³-hybridized carbons (Fsp3) is 0.100. The van der Waals surface area contributed by atoms with Crippen molar-refractivity contribution < 1.29 is 14.7 Å². The third kappa shape index (κ3) is 1.48. The number of ketones is 1. The quantitative estimate of drug-likeness (QED) is 0.524. The minimum atomic E-state index is -1.20. The van der Waals surface area contributed by atoms with E-state index in [1.165, 1.54) is 6.07 Å². The van der Waals surface area contributed by atoms with Crippen LogP contribution in [0.4, 0.5) is 11.4 Å². The number of anilines is 1. The van der Waals surface area contributed by atoms with Crippen molar-refractivity contribution in [2.45, 2.75) is 0 Å². The van der Waals surface area contributed by atoms with E-state index in [-0.39, 0.29) is 5.56 Å². The highest BCUT2D eigenvalue weighted by Gasteiger charge is 2.30. The van der Waals surface area contributed by atoms with Gasteiger partial charge in [0.1, 0.15) is 0 Å². The fourth-order valence-corrected chi connectivity index (χ4v) is 1.43. The van der Waals surface area contributed by atoms with Crippen LogP contribution >= 0.6 is 0 Å². The number of hydrogen-bond acceptors (Lipinski definition) is 4. The first-order chi connectivity index (χ1) is 7.09. The molecule has 2 rings (SSSR count). The summed E-state index contributed by atoms with van der Waals surface area (Å²) in [7, 11) is 0. The Morgan fingerprint density at radius 3 is 2.87 bits per heavy atom. The van der Waals surface area contributed by atoms with Gasteiger partial charge in [-0.15, -0.1) is 0 Å². The van der Waals surface area contributed by atoms with Crippen molar-refractivity contribution in [1.29, 1.82) is 0 Å². The van der Waals surface area contributed by atoms with Crippen LogP contribution in [0.1, 0.15) is 10.4 Å². The molecule has 0 saturated heterocycles. The SMILES string of the molecule is Nc1ccc2c(c1)C(=O)C(C(=O)O)C=N2. The number of carbonyl (C=O) groups excluding carboxylic acids is 1. The molecule has 1 atom stereocenters. The predicted octanol–water partition coefficient (Wildman–Crippen LogP) is 0.868. The van der Waals surface area contributed by atoms with Gasteiger partial charge in [0, 0.05) is 17.5 Å². The van der Waals surface area contributed by atoms with E-state index in [1.54, 1.807) is 12.1 Å². The maximum atomic E-state index is 11.7. The van der Waals surface area contributed by atoms with Gasteiger partial charge in [0.25, 0.3) is 0 Å². The number of fused-ring (bicyclic) bond motifs is 1. The van der Waals surface area contributed by atoms with Crippen molar-refractivity contribution in [2.75, 3.05) is 5.73 Å². The molecule has 1 unspecified atom stereocenters. The maximum absolute atomic E-state index is 11.7. The van der Waals surface area contributed by atoms with Crippen molar-refractivity contribution in [3.05, 3.63) is 23.8 Å². The van der Waals surface area contributed by atoms with Gasteiger partial charge < -0.3 is 10.8 Å². The minimum Gasteiger partial charge on any atom is -0.480 e. The molecule has 3 N–H and O–H groups in total. The second-order valence-corrected chi connectivity index (χ2v) is 3.23. The van der Waals surface area contributed by atoms with Gasteiger partial charge in [-0.2, -0.15) is 0 Å². The van der Waals surface area contributed by atoms with E-state index in [2.05, 4.69) is 4.99 Å². The summed E-state index contributed by atoms with van der Waals surface area (Å²) in [6, 6.07) is 4.66. The highest BCUT2D eigenvalue weighted by molar-refractivity contribution is 6.22. The molecule has 0 saturated carbocycles. The van der Waals surface area contributed by atoms with E-state index in [9.17, 15) is 9.59 Å². The summed E-state index contributed by atoms with van der Waals surface area (Å²) < 4.78 is 0. The van der Waals surface area contributed by atoms with Crippen LogP contribution in [0.2, 0.25) is 0 Å². The van der Waals surface area contributed by atoms with E-state index in [4.69, 9.17) is 10.8 Å². The molecule has 0 spiro atoms. The number of benzene rings is 1. The summed E-state index contributed by atoms with van der Waals surface area (Å²) in [5, 5.41) is 8.76. The number of carboxylic acid groups (broad SMARTS) is 1. The molecule has 1 aromatic carbocycles. The number of Topliss-reactive ketones (excluding diaryl/α,β-unsaturated/α-hetero) is 1. The van der Waals surface area contributed by atoms with Crippen molar-refractivity contribution in [3.63, 3.8) is 0 Å². The minimum absolute atomic E-state index is 0.268. The lowest BCUT2D eigenvalue weighted by atomic mass is 9.94. The Kier molecular flexibility index (Phi) is 2.00. The fourth-order valence-electron chi connectivity index (χ4n) is 1.43. The average molecular weight is 204 g/mol. The first-order valence-electron chi connectivity index (χ1n) is 4.30. The molecule has 0 aliphatic carbocycles. The Morgan fingerprint density at radius 2 is 2.20 bits per heavy atom. The van der Waals surface area contributed by atoms with Gasteiger partial charge in [-0.25, -0.2) is 0 Å². The Labute approximate surface area is 85.2 Å². The van der Waals surface area contributed by atoms with Crippen LogP contribution in [0.3, 0.4) is 0 Å². The monoisotopic (exact) mass is 204 g/mol. The molecule has 0 fully saturated rings. The second kappa shape index (κ2) is 3.20. The highest BCUT2D eigenvalue weighted by Crippen LogP contribution is 2.27. The zero-order valence-electron chi connectivity index (χ0n) is 7.68. The first kappa shape index (κ1) is 9.39. The van der Waals surface area contributed by atoms with E-state index in [0.717, 1.165) is 6.21 Å². The molecule has 1 aliphatic heterocycles. The number of nitrogens with zero attached hydrogens (tertiary/aromatic N) is 1. The number of nitrogen functional groups attached to an aromatic ring is 1. The van der Waals surface area contributed by atoms with E-state index < -0.39 is 17.7 Å². The van der Waals surface area contributed by atoms with Crippen molar-refractivity contribution in [1.82, 2.24) is 0 Å². The average Bonchev–Trinajstić information content (AvgIpc) is 2.19. The lowest BCUT2D eigenvalue weighted by Crippen LogP contribution is -2.27. The van der Waals surface area contributed by atoms with Gasteiger partial charge in [-0.1, -0.05) is 0 Å². The molecule has 0 amide bonds. The van der Waals surface area contributed by atoms with Crippen LogP contribution in [-0.4, -0.2) is 23.1 Å². The lowest BCUT2D eigenvalue weighted by molar-refractivity contribution is -0.137. The molecule has 15 heavy (non-hydrogen) atoms. The van der Waals surface area contributed by atoms with Crippen molar-refractivity contribution in [3.8, 4) is 0 Å². The van der Waals surface area contributed by atoms with Crippen LogP contribution in [0.15, 0.2) is 23.2 Å². The van der Waals surface area contributed by atoms with Crippen molar-refractivity contribution in [2.24, 2.45) is 10.9 Å². The number of aliphatic imine (C=N–C) groups is 1. The van der Waals surface area contributed by atoms with Gasteiger partial charge in [0.15, 0.2) is 11.7 Å². The third-order valence-corrected chi connectivity index (χ3v) is 2.20. The third-order valence-electron chi connectivity index (χ3n) is 2.20. The molecule has 1 aromatic rings. The largest absolute Gasteiger partial charge is 0.480 e. The number of carboxylic acids is 1. The zero-order valence-corrected chi connectivity index (χ0v) is 7.68. The Bertz CT molecular complexity index is 480. The van der Waals surface area contributed by atoms with Crippen LogP contribution in [0, 0.1) is 5.92 Å². The molecule has 1 heterocycles. The standard InChI is InChI=1S/C10H8N2O3/c11-5-1-2-8-6(3-5)9(13)7(4-12-8)10(14)15/h1-4,7H,11H2,(H,14,15). The Balaban J connectivity index is 2.53. The normalized spacial score (nSPS) is 18.7. The number of rotatable bonds is 1. The number of nitrogens with two attached hydrogens (primary N) is 1. The van der Waals surface area contributed by atoms with E-state index >= 15 is 0 Å². The molecule has 0 radical (unpaired) electrons. The first-order valence-corrected chi connectivity index (χ1v) is 4.30. The maximum Gasteiger partial charge on any atom is 0.319 e. The second-order valence-electron chi connectivity index (χ2n) is 3.23. The molecule has 0 aromatic heterocycles. The summed E-state index contributed by atoms with van der Waals surface area (Å²) in [6.45, 7) is 0. The number of hydrogen-bond donors (Lipinski definition) is 2. The van der Waals surface area contributed by atoms with Gasteiger partial charge in [-0.05, 0) is 18.2 Å². The summed E-state index contributed by atoms with van der Waals surface area (Å²) >= 11 is 0. The van der Waals surface area contributed by atoms with Gasteiger partial charge >= 0.3 is 5.97 Å². The smallest absolute Gasteiger partial charge is 0.319 e. The molecule has 76 valence electrons. The topological polar surface area (TPSA) is 92.8 Å². The van der Waals surface area contributed by atoms with E-state index in [0.29, 0.717) is 11.4 Å².